The van der Waals surface area contributed by atoms with Gasteiger partial charge >= 0.3 is 0 Å². The summed E-state index contributed by atoms with van der Waals surface area (Å²) < 4.78 is 0. The summed E-state index contributed by atoms with van der Waals surface area (Å²) in [6.45, 7) is 7.56. The van der Waals surface area contributed by atoms with Gasteiger partial charge in [0.2, 0.25) is 0 Å². The van der Waals surface area contributed by atoms with E-state index in [9.17, 15) is 20.4 Å². The van der Waals surface area contributed by atoms with E-state index in [0.717, 1.165) is 0 Å². The van der Waals surface area contributed by atoms with Gasteiger partial charge in [0.05, 0.1) is 24.4 Å². The van der Waals surface area contributed by atoms with Gasteiger partial charge in [0.1, 0.15) is 0 Å². The molecule has 0 radical (unpaired) electrons. The van der Waals surface area contributed by atoms with Gasteiger partial charge in [0.25, 0.3) is 0 Å². The van der Waals surface area contributed by atoms with Crippen LogP contribution in [0.3, 0.4) is 0 Å². The Balaban J connectivity index is 3.97. The third kappa shape index (κ3) is 7.71. The van der Waals surface area contributed by atoms with E-state index >= 15 is 0 Å². The van der Waals surface area contributed by atoms with E-state index in [1.165, 1.54) is 0 Å². The first-order valence-corrected chi connectivity index (χ1v) is 6.39. The summed E-state index contributed by atoms with van der Waals surface area (Å²) in [5.41, 5.74) is -0.269. The molecular weight excluding hydrogens is 220 g/mol. The molecule has 0 bridgehead atoms. The molecule has 4 N–H and O–H groups in total. The summed E-state index contributed by atoms with van der Waals surface area (Å²) in [5.74, 6) is 0. The number of hydrogen-bond donors (Lipinski definition) is 4. The second kappa shape index (κ2) is 7.31. The van der Waals surface area contributed by atoms with Crippen molar-refractivity contribution in [2.24, 2.45) is 5.41 Å². The summed E-state index contributed by atoms with van der Waals surface area (Å²) in [6, 6.07) is 0. The maximum atomic E-state index is 9.81. The monoisotopic (exact) mass is 248 g/mol. The van der Waals surface area contributed by atoms with Crippen LogP contribution in [0.2, 0.25) is 0 Å². The third-order valence-electron chi connectivity index (χ3n) is 3.05. The average molecular weight is 248 g/mol. The summed E-state index contributed by atoms with van der Waals surface area (Å²) in [5, 5.41) is 38.5. The average Bonchev–Trinajstić information content (AvgIpc) is 2.15. The molecule has 0 amide bonds. The first kappa shape index (κ1) is 16.8. The number of aliphatic hydroxyl groups excluding tert-OH is 4. The Morgan fingerprint density at radius 3 is 1.59 bits per heavy atom. The molecule has 0 saturated carbocycles. The molecule has 0 aromatic carbocycles. The van der Waals surface area contributed by atoms with Crippen molar-refractivity contribution in [2.45, 2.75) is 77.8 Å². The van der Waals surface area contributed by atoms with Crippen LogP contribution in [-0.2, 0) is 0 Å². The number of hydrogen-bond acceptors (Lipinski definition) is 4. The van der Waals surface area contributed by atoms with E-state index in [1.807, 2.05) is 27.7 Å². The topological polar surface area (TPSA) is 80.9 Å². The van der Waals surface area contributed by atoms with Crippen molar-refractivity contribution in [3.63, 3.8) is 0 Å². The van der Waals surface area contributed by atoms with Crippen molar-refractivity contribution >= 4 is 0 Å². The molecule has 0 saturated heterocycles. The minimum Gasteiger partial charge on any atom is -0.393 e. The molecule has 0 rings (SSSR count). The second-order valence-corrected chi connectivity index (χ2v) is 5.96. The molecule has 0 aliphatic rings. The summed E-state index contributed by atoms with van der Waals surface area (Å²) in [4.78, 5) is 0. The predicted molar refractivity (Wildman–Crippen MR) is 67.6 cm³/mol. The van der Waals surface area contributed by atoms with Crippen LogP contribution in [0, 0.1) is 5.41 Å². The van der Waals surface area contributed by atoms with Gasteiger partial charge in [-0.1, -0.05) is 27.7 Å². The lowest BCUT2D eigenvalue weighted by Crippen LogP contribution is -2.32. The smallest absolute Gasteiger partial charge is 0.0613 e. The minimum atomic E-state index is -0.733. The van der Waals surface area contributed by atoms with Crippen molar-refractivity contribution in [3.05, 3.63) is 0 Å². The Hall–Kier alpha value is -0.160. The zero-order valence-corrected chi connectivity index (χ0v) is 11.4. The fourth-order valence-corrected chi connectivity index (χ4v) is 1.60. The van der Waals surface area contributed by atoms with Gasteiger partial charge in [-0.15, -0.1) is 0 Å². The molecule has 4 nitrogen and oxygen atoms in total. The van der Waals surface area contributed by atoms with E-state index in [4.69, 9.17) is 0 Å². The molecule has 0 aromatic rings. The molecule has 0 unspecified atom stereocenters. The van der Waals surface area contributed by atoms with Crippen molar-refractivity contribution in [2.75, 3.05) is 0 Å². The van der Waals surface area contributed by atoms with Crippen LogP contribution in [0.15, 0.2) is 0 Å². The highest BCUT2D eigenvalue weighted by Gasteiger charge is 2.26. The van der Waals surface area contributed by atoms with Crippen LogP contribution in [0.25, 0.3) is 0 Å². The maximum absolute atomic E-state index is 9.81. The highest BCUT2D eigenvalue weighted by Crippen LogP contribution is 2.24. The Morgan fingerprint density at radius 1 is 0.765 bits per heavy atom. The predicted octanol–water partition coefficient (Wildman–Crippen LogP) is 1.06. The molecule has 0 aromatic heterocycles. The van der Waals surface area contributed by atoms with Crippen LogP contribution in [0.5, 0.6) is 0 Å². The lowest BCUT2D eigenvalue weighted by molar-refractivity contribution is -0.0110. The lowest BCUT2D eigenvalue weighted by Gasteiger charge is -2.28. The zero-order chi connectivity index (χ0) is 13.6. The zero-order valence-electron chi connectivity index (χ0n) is 11.4. The van der Waals surface area contributed by atoms with E-state index in [-0.39, 0.29) is 24.7 Å². The molecule has 104 valence electrons. The molecule has 4 atom stereocenters. The Kier molecular flexibility index (Phi) is 7.24. The first-order valence-electron chi connectivity index (χ1n) is 6.39. The van der Waals surface area contributed by atoms with Gasteiger partial charge in [-0.3, -0.25) is 0 Å². The van der Waals surface area contributed by atoms with E-state index in [2.05, 4.69) is 0 Å². The molecule has 4 heteroatoms. The second-order valence-electron chi connectivity index (χ2n) is 5.96. The van der Waals surface area contributed by atoms with Crippen LogP contribution < -0.4 is 0 Å². The van der Waals surface area contributed by atoms with Gasteiger partial charge in [-0.2, -0.15) is 0 Å². The fourth-order valence-electron chi connectivity index (χ4n) is 1.60. The van der Waals surface area contributed by atoms with Crippen molar-refractivity contribution in [1.82, 2.24) is 0 Å². The molecule has 0 aliphatic carbocycles. The molecule has 17 heavy (non-hydrogen) atoms. The normalized spacial score (nSPS) is 19.8. The summed E-state index contributed by atoms with van der Waals surface area (Å²) in [6.07, 6.45) is -1.25. The molecule has 0 spiro atoms. The van der Waals surface area contributed by atoms with E-state index < -0.39 is 24.4 Å². The van der Waals surface area contributed by atoms with Crippen molar-refractivity contribution in [1.29, 1.82) is 0 Å². The Bertz CT molecular complexity index is 200. The van der Waals surface area contributed by atoms with E-state index in [1.54, 1.807) is 0 Å². The van der Waals surface area contributed by atoms with Gasteiger partial charge < -0.3 is 20.4 Å². The maximum Gasteiger partial charge on any atom is 0.0613 e. The Morgan fingerprint density at radius 2 is 1.18 bits per heavy atom. The van der Waals surface area contributed by atoms with E-state index in [0.29, 0.717) is 6.42 Å². The highest BCUT2D eigenvalue weighted by molar-refractivity contribution is 4.77. The largest absolute Gasteiger partial charge is 0.393 e. The molecule has 0 fully saturated rings. The van der Waals surface area contributed by atoms with Crippen LogP contribution >= 0.6 is 0 Å². The SMILES string of the molecule is CC[C@@H](O)C[C@@H](O)C[C@H](O)C[C@H](O)C(C)(C)C. The van der Waals surface area contributed by atoms with Crippen molar-refractivity contribution in [3.8, 4) is 0 Å². The quantitative estimate of drug-likeness (QED) is 0.543. The fraction of sp³-hybridized carbons (Fsp3) is 1.00. The standard InChI is InChI=1S/C13H28O4/c1-5-9(14)6-10(15)7-11(16)8-12(17)13(2,3)4/h9-12,14-17H,5-8H2,1-4H3/t9-,10-,11+,12+/m1/s1. The van der Waals surface area contributed by atoms with Crippen LogP contribution in [0.1, 0.15) is 53.4 Å². The number of rotatable bonds is 7. The van der Waals surface area contributed by atoms with Gasteiger partial charge in [0.15, 0.2) is 0 Å². The Labute approximate surface area is 104 Å². The lowest BCUT2D eigenvalue weighted by atomic mass is 9.85. The first-order chi connectivity index (χ1) is 7.66. The highest BCUT2D eigenvalue weighted by atomic mass is 16.3. The van der Waals surface area contributed by atoms with Crippen LogP contribution in [-0.4, -0.2) is 44.8 Å². The van der Waals surface area contributed by atoms with Crippen molar-refractivity contribution < 1.29 is 20.4 Å². The third-order valence-corrected chi connectivity index (χ3v) is 3.05. The van der Waals surface area contributed by atoms with Gasteiger partial charge in [-0.05, 0) is 31.1 Å². The summed E-state index contributed by atoms with van der Waals surface area (Å²) in [7, 11) is 0. The number of aliphatic hydroxyl groups is 4. The molecule has 0 heterocycles. The molecular formula is C13H28O4. The minimum absolute atomic E-state index is 0.199. The van der Waals surface area contributed by atoms with Crippen LogP contribution in [0.4, 0.5) is 0 Å². The summed E-state index contributed by atoms with van der Waals surface area (Å²) >= 11 is 0. The van der Waals surface area contributed by atoms with Gasteiger partial charge in [0, 0.05) is 0 Å². The molecule has 0 aliphatic heterocycles. The van der Waals surface area contributed by atoms with Gasteiger partial charge in [-0.25, -0.2) is 0 Å².